The molecule has 1 aromatic rings. The molecule has 0 radical (unpaired) electrons. The van der Waals surface area contributed by atoms with Gasteiger partial charge < -0.3 is 19.9 Å². The molecule has 0 bridgehead atoms. The molecule has 0 aliphatic carbocycles. The minimum atomic E-state index is -0.497. The van der Waals surface area contributed by atoms with E-state index < -0.39 is 5.60 Å². The first-order valence-corrected chi connectivity index (χ1v) is 8.84. The van der Waals surface area contributed by atoms with Crippen LogP contribution < -0.4 is 10.1 Å². The molecular formula is C18H27ClN2O4. The summed E-state index contributed by atoms with van der Waals surface area (Å²) in [7, 11) is 0. The van der Waals surface area contributed by atoms with Gasteiger partial charge in [-0.15, -0.1) is 0 Å². The lowest BCUT2D eigenvalue weighted by Gasteiger charge is -2.43. The molecule has 25 heavy (non-hydrogen) atoms. The molecule has 1 saturated heterocycles. The van der Waals surface area contributed by atoms with E-state index in [0.717, 1.165) is 18.7 Å². The van der Waals surface area contributed by atoms with Crippen molar-refractivity contribution in [2.45, 2.75) is 45.4 Å². The van der Waals surface area contributed by atoms with E-state index in [1.165, 1.54) is 0 Å². The number of aliphatic hydroxyl groups is 1. The summed E-state index contributed by atoms with van der Waals surface area (Å²) in [4.78, 5) is 14.0. The van der Waals surface area contributed by atoms with Gasteiger partial charge in [-0.2, -0.15) is 0 Å². The smallest absolute Gasteiger partial charge is 0.407 e. The summed E-state index contributed by atoms with van der Waals surface area (Å²) in [6, 6.07) is 5.82. The number of halogens is 1. The standard InChI is InChI=1S/C18H27ClN2O4/c1-12(14-6-5-7-15(16(14)19)24-9-8-22)21-10-13(11-21)20-17(23)25-18(2,3)4/h5-7,12-13,22H,8-11H2,1-4H3,(H,20,23). The number of nitrogens with zero attached hydrogens (tertiary/aromatic N) is 1. The number of aliphatic hydroxyl groups excluding tert-OH is 1. The second kappa shape index (κ2) is 8.25. The summed E-state index contributed by atoms with van der Waals surface area (Å²) >= 11 is 6.43. The number of alkyl carbamates (subject to hydrolysis) is 1. The lowest BCUT2D eigenvalue weighted by atomic mass is 10.00. The maximum Gasteiger partial charge on any atom is 0.407 e. The minimum Gasteiger partial charge on any atom is -0.490 e. The fourth-order valence-corrected chi connectivity index (χ4v) is 3.05. The zero-order valence-electron chi connectivity index (χ0n) is 15.2. The highest BCUT2D eigenvalue weighted by Gasteiger charge is 2.34. The number of likely N-dealkylation sites (tertiary alicyclic amines) is 1. The molecule has 2 N–H and O–H groups in total. The second-order valence-corrected chi connectivity index (χ2v) is 7.58. The molecule has 6 nitrogen and oxygen atoms in total. The van der Waals surface area contributed by atoms with Gasteiger partial charge in [-0.3, -0.25) is 4.90 Å². The fraction of sp³-hybridized carbons (Fsp3) is 0.611. The monoisotopic (exact) mass is 370 g/mol. The largest absolute Gasteiger partial charge is 0.490 e. The van der Waals surface area contributed by atoms with Crippen molar-refractivity contribution in [1.82, 2.24) is 10.2 Å². The van der Waals surface area contributed by atoms with E-state index in [9.17, 15) is 4.79 Å². The van der Waals surface area contributed by atoms with Crippen molar-refractivity contribution < 1.29 is 19.4 Å². The van der Waals surface area contributed by atoms with Crippen LogP contribution in [0.15, 0.2) is 18.2 Å². The molecule has 1 aromatic carbocycles. The molecule has 1 atom stereocenters. The maximum atomic E-state index is 11.8. The van der Waals surface area contributed by atoms with Crippen LogP contribution in [-0.2, 0) is 4.74 Å². The van der Waals surface area contributed by atoms with Crippen LogP contribution >= 0.6 is 11.6 Å². The van der Waals surface area contributed by atoms with Gasteiger partial charge in [0.1, 0.15) is 18.0 Å². The molecule has 0 aromatic heterocycles. The highest BCUT2D eigenvalue weighted by Crippen LogP contribution is 2.36. The number of amides is 1. The highest BCUT2D eigenvalue weighted by atomic mass is 35.5. The van der Waals surface area contributed by atoms with Gasteiger partial charge in [0.25, 0.3) is 0 Å². The van der Waals surface area contributed by atoms with Crippen molar-refractivity contribution >= 4 is 17.7 Å². The van der Waals surface area contributed by atoms with Gasteiger partial charge in [-0.05, 0) is 39.3 Å². The third-order valence-electron chi connectivity index (χ3n) is 3.97. The van der Waals surface area contributed by atoms with Crippen LogP contribution in [0.3, 0.4) is 0 Å². The van der Waals surface area contributed by atoms with Gasteiger partial charge >= 0.3 is 6.09 Å². The third-order valence-corrected chi connectivity index (χ3v) is 4.37. The quantitative estimate of drug-likeness (QED) is 0.805. The number of benzene rings is 1. The van der Waals surface area contributed by atoms with Crippen molar-refractivity contribution in [3.05, 3.63) is 28.8 Å². The molecular weight excluding hydrogens is 344 g/mol. The molecule has 1 heterocycles. The zero-order valence-corrected chi connectivity index (χ0v) is 16.0. The minimum absolute atomic E-state index is 0.0553. The van der Waals surface area contributed by atoms with E-state index in [4.69, 9.17) is 26.2 Å². The van der Waals surface area contributed by atoms with Crippen LogP contribution in [0.4, 0.5) is 4.79 Å². The lowest BCUT2D eigenvalue weighted by molar-refractivity contribution is 0.0337. The summed E-state index contributed by atoms with van der Waals surface area (Å²) in [5.41, 5.74) is 0.469. The molecule has 140 valence electrons. The molecule has 2 rings (SSSR count). The van der Waals surface area contributed by atoms with E-state index >= 15 is 0 Å². The van der Waals surface area contributed by atoms with Gasteiger partial charge in [0.2, 0.25) is 0 Å². The molecule has 1 aliphatic heterocycles. The third kappa shape index (κ3) is 5.49. The van der Waals surface area contributed by atoms with Gasteiger partial charge in [0, 0.05) is 19.1 Å². The van der Waals surface area contributed by atoms with Crippen molar-refractivity contribution in [1.29, 1.82) is 0 Å². The lowest BCUT2D eigenvalue weighted by Crippen LogP contribution is -2.60. The number of carbonyl (C=O) groups is 1. The normalized spacial score (nSPS) is 16.9. The maximum absolute atomic E-state index is 11.8. The second-order valence-electron chi connectivity index (χ2n) is 7.20. The van der Waals surface area contributed by atoms with Crippen molar-refractivity contribution in [3.8, 4) is 5.75 Å². The Hall–Kier alpha value is -1.50. The van der Waals surface area contributed by atoms with E-state index in [0.29, 0.717) is 10.8 Å². The van der Waals surface area contributed by atoms with Crippen LogP contribution in [-0.4, -0.2) is 54.0 Å². The Kier molecular flexibility index (Phi) is 6.54. The van der Waals surface area contributed by atoms with Crippen molar-refractivity contribution in [3.63, 3.8) is 0 Å². The zero-order chi connectivity index (χ0) is 18.6. The highest BCUT2D eigenvalue weighted by molar-refractivity contribution is 6.32. The number of rotatable bonds is 6. The number of hydrogen-bond donors (Lipinski definition) is 2. The predicted octanol–water partition coefficient (Wildman–Crippen LogP) is 2.98. The van der Waals surface area contributed by atoms with Gasteiger partial charge in [0.15, 0.2) is 0 Å². The van der Waals surface area contributed by atoms with Crippen LogP contribution in [0.2, 0.25) is 5.02 Å². The summed E-state index contributed by atoms with van der Waals surface area (Å²) in [5, 5.41) is 12.3. The van der Waals surface area contributed by atoms with Gasteiger partial charge in [0.05, 0.1) is 17.7 Å². The fourth-order valence-electron chi connectivity index (χ4n) is 2.71. The molecule has 0 spiro atoms. The van der Waals surface area contributed by atoms with Crippen LogP contribution in [0.5, 0.6) is 5.75 Å². The van der Waals surface area contributed by atoms with E-state index in [-0.39, 0.29) is 31.4 Å². The summed E-state index contributed by atoms with van der Waals surface area (Å²) < 4.78 is 10.7. The summed E-state index contributed by atoms with van der Waals surface area (Å²) in [5.74, 6) is 0.573. The van der Waals surface area contributed by atoms with Gasteiger partial charge in [-0.25, -0.2) is 4.79 Å². The average Bonchev–Trinajstić information content (AvgIpc) is 2.47. The Morgan fingerprint density at radius 3 is 2.72 bits per heavy atom. The first-order valence-electron chi connectivity index (χ1n) is 8.47. The van der Waals surface area contributed by atoms with Crippen LogP contribution in [0.1, 0.15) is 39.3 Å². The number of ether oxygens (including phenoxy) is 2. The van der Waals surface area contributed by atoms with E-state index in [1.807, 2.05) is 32.9 Å². The predicted molar refractivity (Wildman–Crippen MR) is 97.2 cm³/mol. The molecule has 1 fully saturated rings. The topological polar surface area (TPSA) is 71.0 Å². The Balaban J connectivity index is 1.89. The van der Waals surface area contributed by atoms with Crippen molar-refractivity contribution in [2.24, 2.45) is 0 Å². The molecule has 0 saturated carbocycles. The van der Waals surface area contributed by atoms with Crippen molar-refractivity contribution in [2.75, 3.05) is 26.3 Å². The molecule has 1 aliphatic rings. The van der Waals surface area contributed by atoms with Crippen LogP contribution in [0.25, 0.3) is 0 Å². The average molecular weight is 371 g/mol. The Labute approximate surface area is 154 Å². The molecule has 7 heteroatoms. The molecule has 1 amide bonds. The Morgan fingerprint density at radius 2 is 2.12 bits per heavy atom. The molecule has 1 unspecified atom stereocenters. The van der Waals surface area contributed by atoms with E-state index in [1.54, 1.807) is 6.07 Å². The Morgan fingerprint density at radius 1 is 1.44 bits per heavy atom. The van der Waals surface area contributed by atoms with Gasteiger partial charge in [-0.1, -0.05) is 23.7 Å². The summed E-state index contributed by atoms with van der Waals surface area (Å²) in [6.45, 7) is 9.22. The number of carbonyl (C=O) groups excluding carboxylic acids is 1. The number of hydrogen-bond acceptors (Lipinski definition) is 5. The Bertz CT molecular complexity index is 597. The first-order chi connectivity index (χ1) is 11.7. The van der Waals surface area contributed by atoms with E-state index in [2.05, 4.69) is 17.1 Å². The summed E-state index contributed by atoms with van der Waals surface area (Å²) in [6.07, 6.45) is -0.387. The van der Waals surface area contributed by atoms with Crippen LogP contribution in [0, 0.1) is 0 Å². The first kappa shape index (κ1) is 19.8. The number of nitrogens with one attached hydrogen (secondary N) is 1. The SMILES string of the molecule is CC(c1cccc(OCCO)c1Cl)N1CC(NC(=O)OC(C)(C)C)C1.